The lowest BCUT2D eigenvalue weighted by molar-refractivity contribution is -0.275. The number of hydrogen-bond donors (Lipinski definition) is 0. The maximum atomic E-state index is 12.2. The summed E-state index contributed by atoms with van der Waals surface area (Å²) in [5.41, 5.74) is 0.167. The molecule has 0 bridgehead atoms. The molecule has 100 valence electrons. The molecule has 0 heterocycles. The monoisotopic (exact) mass is 262 g/mol. The predicted molar refractivity (Wildman–Crippen MR) is 58.9 cm³/mol. The number of ketones is 1. The molecule has 0 amide bonds. The molecular weight excluding hydrogens is 249 g/mol. The molecule has 0 atom stereocenters. The van der Waals surface area contributed by atoms with E-state index in [1.54, 1.807) is 13.8 Å². The summed E-state index contributed by atoms with van der Waals surface area (Å²) in [4.78, 5) is 11.4. The van der Waals surface area contributed by atoms with Crippen molar-refractivity contribution in [2.75, 3.05) is 6.61 Å². The van der Waals surface area contributed by atoms with Gasteiger partial charge in [0, 0.05) is 12.0 Å². The molecule has 0 aliphatic heterocycles. The van der Waals surface area contributed by atoms with E-state index in [-0.39, 0.29) is 30.1 Å². The number of halogens is 3. The summed E-state index contributed by atoms with van der Waals surface area (Å²) in [5, 5.41) is 0. The lowest BCUT2D eigenvalue weighted by Crippen LogP contribution is -2.18. The van der Waals surface area contributed by atoms with Crippen LogP contribution >= 0.6 is 0 Å². The number of carbonyl (C=O) groups excluding carboxylic acids is 1. The summed E-state index contributed by atoms with van der Waals surface area (Å²) in [6, 6.07) is 3.76. The lowest BCUT2D eigenvalue weighted by Gasteiger charge is -2.14. The Bertz CT molecular complexity index is 427. The first-order chi connectivity index (χ1) is 8.37. The van der Waals surface area contributed by atoms with Crippen molar-refractivity contribution in [1.29, 1.82) is 0 Å². The minimum absolute atomic E-state index is 0.0394. The molecule has 0 aliphatic carbocycles. The van der Waals surface area contributed by atoms with Crippen LogP contribution in [0, 0.1) is 0 Å². The highest BCUT2D eigenvalue weighted by Gasteiger charge is 2.32. The third-order valence-corrected chi connectivity index (χ3v) is 2.11. The quantitative estimate of drug-likeness (QED) is 0.761. The highest BCUT2D eigenvalue weighted by atomic mass is 19.4. The summed E-state index contributed by atoms with van der Waals surface area (Å²) in [7, 11) is 0. The van der Waals surface area contributed by atoms with Crippen LogP contribution in [0.1, 0.15) is 30.6 Å². The molecular formula is C12H13F3O3. The van der Waals surface area contributed by atoms with E-state index in [4.69, 9.17) is 4.74 Å². The SMILES string of the molecule is CCOc1ccc(C(=O)CC)cc1OC(F)(F)F. The fraction of sp³-hybridized carbons (Fsp3) is 0.417. The molecule has 0 saturated carbocycles. The normalized spacial score (nSPS) is 11.2. The Morgan fingerprint density at radius 2 is 1.89 bits per heavy atom. The van der Waals surface area contributed by atoms with Crippen LogP contribution in [-0.4, -0.2) is 18.8 Å². The zero-order valence-corrected chi connectivity index (χ0v) is 10.0. The van der Waals surface area contributed by atoms with Gasteiger partial charge in [0.15, 0.2) is 17.3 Å². The fourth-order valence-electron chi connectivity index (χ4n) is 1.36. The number of benzene rings is 1. The van der Waals surface area contributed by atoms with Crippen molar-refractivity contribution in [3.8, 4) is 11.5 Å². The van der Waals surface area contributed by atoms with Crippen molar-refractivity contribution in [3.63, 3.8) is 0 Å². The highest BCUT2D eigenvalue weighted by molar-refractivity contribution is 5.96. The second-order valence-electron chi connectivity index (χ2n) is 3.42. The molecule has 0 N–H and O–H groups in total. The van der Waals surface area contributed by atoms with E-state index in [1.165, 1.54) is 12.1 Å². The zero-order chi connectivity index (χ0) is 13.8. The summed E-state index contributed by atoms with van der Waals surface area (Å²) < 4.78 is 45.5. The van der Waals surface area contributed by atoms with Crippen LogP contribution in [0.2, 0.25) is 0 Å². The van der Waals surface area contributed by atoms with Gasteiger partial charge in [-0.05, 0) is 25.1 Å². The zero-order valence-electron chi connectivity index (χ0n) is 10.0. The Labute approximate surface area is 103 Å². The average molecular weight is 262 g/mol. The maximum Gasteiger partial charge on any atom is 0.573 e. The van der Waals surface area contributed by atoms with Crippen LogP contribution < -0.4 is 9.47 Å². The molecule has 1 aromatic rings. The van der Waals surface area contributed by atoms with E-state index in [2.05, 4.69) is 4.74 Å². The second kappa shape index (κ2) is 5.75. The first-order valence-corrected chi connectivity index (χ1v) is 5.43. The minimum atomic E-state index is -4.82. The standard InChI is InChI=1S/C12H13F3O3/c1-3-9(16)8-5-6-10(17-4-2)11(7-8)18-12(13,14)15/h5-7H,3-4H2,1-2H3. The van der Waals surface area contributed by atoms with Crippen molar-refractivity contribution in [1.82, 2.24) is 0 Å². The van der Waals surface area contributed by atoms with Crippen molar-refractivity contribution < 1.29 is 27.4 Å². The van der Waals surface area contributed by atoms with Gasteiger partial charge in [-0.2, -0.15) is 0 Å². The molecule has 0 spiro atoms. The molecule has 0 aliphatic rings. The smallest absolute Gasteiger partial charge is 0.490 e. The fourth-order valence-corrected chi connectivity index (χ4v) is 1.36. The second-order valence-corrected chi connectivity index (χ2v) is 3.42. The van der Waals surface area contributed by atoms with E-state index in [9.17, 15) is 18.0 Å². The number of rotatable bonds is 5. The van der Waals surface area contributed by atoms with Crippen LogP contribution in [-0.2, 0) is 0 Å². The molecule has 0 aromatic heterocycles. The Balaban J connectivity index is 3.11. The lowest BCUT2D eigenvalue weighted by atomic mass is 10.1. The predicted octanol–water partition coefficient (Wildman–Crippen LogP) is 3.58. The van der Waals surface area contributed by atoms with E-state index >= 15 is 0 Å². The Kier molecular flexibility index (Phi) is 4.58. The van der Waals surface area contributed by atoms with Gasteiger partial charge in [0.05, 0.1) is 6.61 Å². The third kappa shape index (κ3) is 3.94. The van der Waals surface area contributed by atoms with Gasteiger partial charge >= 0.3 is 6.36 Å². The van der Waals surface area contributed by atoms with E-state index in [1.807, 2.05) is 0 Å². The van der Waals surface area contributed by atoms with Crippen molar-refractivity contribution in [2.24, 2.45) is 0 Å². The first-order valence-electron chi connectivity index (χ1n) is 5.43. The van der Waals surface area contributed by atoms with Gasteiger partial charge in [-0.1, -0.05) is 6.92 Å². The van der Waals surface area contributed by atoms with Crippen LogP contribution in [0.5, 0.6) is 11.5 Å². The van der Waals surface area contributed by atoms with Gasteiger partial charge in [-0.15, -0.1) is 13.2 Å². The molecule has 3 nitrogen and oxygen atoms in total. The van der Waals surface area contributed by atoms with Gasteiger partial charge in [0.25, 0.3) is 0 Å². The molecule has 0 unspecified atom stereocenters. The molecule has 0 saturated heterocycles. The highest BCUT2D eigenvalue weighted by Crippen LogP contribution is 2.33. The van der Waals surface area contributed by atoms with Crippen molar-refractivity contribution in [2.45, 2.75) is 26.6 Å². The van der Waals surface area contributed by atoms with Crippen LogP contribution in [0.15, 0.2) is 18.2 Å². The molecule has 1 rings (SSSR count). The molecule has 1 aromatic carbocycles. The number of hydrogen-bond acceptors (Lipinski definition) is 3. The van der Waals surface area contributed by atoms with Gasteiger partial charge in [-0.25, -0.2) is 0 Å². The van der Waals surface area contributed by atoms with Gasteiger partial charge < -0.3 is 9.47 Å². The van der Waals surface area contributed by atoms with E-state index in [0.29, 0.717) is 0 Å². The summed E-state index contributed by atoms with van der Waals surface area (Å²) >= 11 is 0. The summed E-state index contributed by atoms with van der Waals surface area (Å²) in [6.45, 7) is 3.47. The number of ether oxygens (including phenoxy) is 2. The van der Waals surface area contributed by atoms with Crippen LogP contribution in [0.25, 0.3) is 0 Å². The topological polar surface area (TPSA) is 35.5 Å². The number of carbonyl (C=O) groups is 1. The maximum absolute atomic E-state index is 12.2. The first kappa shape index (κ1) is 14.3. The summed E-state index contributed by atoms with van der Waals surface area (Å²) in [5.74, 6) is -0.795. The molecule has 0 radical (unpaired) electrons. The third-order valence-electron chi connectivity index (χ3n) is 2.11. The molecule has 18 heavy (non-hydrogen) atoms. The van der Waals surface area contributed by atoms with Crippen molar-refractivity contribution in [3.05, 3.63) is 23.8 Å². The molecule has 6 heteroatoms. The van der Waals surface area contributed by atoms with Crippen LogP contribution in [0.4, 0.5) is 13.2 Å². The Morgan fingerprint density at radius 3 is 2.39 bits per heavy atom. The van der Waals surface area contributed by atoms with E-state index < -0.39 is 12.1 Å². The Hall–Kier alpha value is -1.72. The Morgan fingerprint density at radius 1 is 1.22 bits per heavy atom. The van der Waals surface area contributed by atoms with Gasteiger partial charge in [0.1, 0.15) is 0 Å². The van der Waals surface area contributed by atoms with E-state index in [0.717, 1.165) is 6.07 Å². The largest absolute Gasteiger partial charge is 0.573 e. The van der Waals surface area contributed by atoms with Gasteiger partial charge in [0.2, 0.25) is 0 Å². The average Bonchev–Trinajstić information content (AvgIpc) is 2.28. The molecule has 0 fully saturated rings. The number of Topliss-reactive ketones (excluding diaryl/α,β-unsaturated/α-hetero) is 1. The minimum Gasteiger partial charge on any atom is -0.490 e. The summed E-state index contributed by atoms with van der Waals surface area (Å²) in [6.07, 6.45) is -4.61. The van der Waals surface area contributed by atoms with Gasteiger partial charge in [-0.3, -0.25) is 4.79 Å². The number of alkyl halides is 3. The van der Waals surface area contributed by atoms with Crippen LogP contribution in [0.3, 0.4) is 0 Å². The van der Waals surface area contributed by atoms with Crippen molar-refractivity contribution >= 4 is 5.78 Å².